The number of aromatic hydroxyl groups is 2. The quantitative estimate of drug-likeness (QED) is 0.257. The highest BCUT2D eigenvalue weighted by molar-refractivity contribution is 5.84. The minimum Gasteiger partial charge on any atom is -0.508 e. The summed E-state index contributed by atoms with van der Waals surface area (Å²) in [4.78, 5) is 12.2. The number of fused-ring (bicyclic) bond motifs is 1. The number of unbranched alkanes of at least 4 members (excludes halogenated alkanes) is 1. The summed E-state index contributed by atoms with van der Waals surface area (Å²) in [6, 6.07) is 3.91. The van der Waals surface area contributed by atoms with Crippen LogP contribution in [0, 0.1) is 0 Å². The third-order valence-electron chi connectivity index (χ3n) is 4.80. The van der Waals surface area contributed by atoms with Crippen LogP contribution in [0.4, 0.5) is 0 Å². The highest BCUT2D eigenvalue weighted by Crippen LogP contribution is 2.28. The second-order valence-corrected chi connectivity index (χ2v) is 7.52. The molecule has 0 aliphatic rings. The Bertz CT molecular complexity index is 1040. The number of rotatable bonds is 13. The molecule has 0 spiro atoms. The topological polar surface area (TPSA) is 70.7 Å². The summed E-state index contributed by atoms with van der Waals surface area (Å²) in [5, 5.41) is 19.5. The Kier molecular flexibility index (Phi) is 11.5. The van der Waals surface area contributed by atoms with Gasteiger partial charge in [0, 0.05) is 24.6 Å². The van der Waals surface area contributed by atoms with E-state index in [1.807, 2.05) is 0 Å². The molecular formula is C28H34O4. The molecule has 2 N–H and O–H groups in total. The van der Waals surface area contributed by atoms with Gasteiger partial charge in [0.1, 0.15) is 28.2 Å². The van der Waals surface area contributed by atoms with Crippen LogP contribution in [-0.2, 0) is 6.42 Å². The number of hydrogen-bond donors (Lipinski definition) is 2. The molecule has 0 unspecified atom stereocenters. The Morgan fingerprint density at radius 3 is 1.94 bits per heavy atom. The lowest BCUT2D eigenvalue weighted by Gasteiger charge is -2.04. The second kappa shape index (κ2) is 14.7. The van der Waals surface area contributed by atoms with Crippen molar-refractivity contribution in [3.63, 3.8) is 0 Å². The highest BCUT2D eigenvalue weighted by Gasteiger charge is 2.10. The first-order valence-electron chi connectivity index (χ1n) is 11.4. The molecule has 1 aromatic heterocycles. The van der Waals surface area contributed by atoms with Gasteiger partial charge in [0.15, 0.2) is 5.43 Å². The second-order valence-electron chi connectivity index (χ2n) is 7.52. The smallest absolute Gasteiger partial charge is 0.196 e. The first kappa shape index (κ1) is 25.0. The van der Waals surface area contributed by atoms with E-state index >= 15 is 0 Å². The third-order valence-corrected chi connectivity index (χ3v) is 4.80. The fraction of sp³-hybridized carbons (Fsp3) is 0.321. The van der Waals surface area contributed by atoms with Gasteiger partial charge in [0.05, 0.1) is 0 Å². The molecule has 4 heteroatoms. The molecule has 32 heavy (non-hydrogen) atoms. The van der Waals surface area contributed by atoms with Gasteiger partial charge in [-0.2, -0.15) is 0 Å². The summed E-state index contributed by atoms with van der Waals surface area (Å²) in [6.45, 7) is 2.14. The minimum atomic E-state index is -0.298. The molecule has 0 saturated carbocycles. The van der Waals surface area contributed by atoms with Gasteiger partial charge < -0.3 is 14.6 Å². The zero-order valence-corrected chi connectivity index (χ0v) is 18.9. The van der Waals surface area contributed by atoms with E-state index in [1.165, 1.54) is 12.1 Å². The Balaban J connectivity index is 1.62. The van der Waals surface area contributed by atoms with E-state index in [0.29, 0.717) is 12.2 Å². The molecule has 2 aromatic rings. The molecule has 1 aromatic carbocycles. The fourth-order valence-electron chi connectivity index (χ4n) is 3.19. The van der Waals surface area contributed by atoms with Gasteiger partial charge in [0.2, 0.25) is 0 Å². The Morgan fingerprint density at radius 2 is 1.34 bits per heavy atom. The van der Waals surface area contributed by atoms with Crippen LogP contribution in [0.1, 0.15) is 57.6 Å². The average molecular weight is 435 g/mol. The van der Waals surface area contributed by atoms with E-state index in [2.05, 4.69) is 67.7 Å². The predicted octanol–water partition coefficient (Wildman–Crippen LogP) is 7.28. The molecule has 170 valence electrons. The Labute approximate surface area is 190 Å². The number of hydrogen-bond acceptors (Lipinski definition) is 4. The summed E-state index contributed by atoms with van der Waals surface area (Å²) in [6.07, 6.45) is 29.0. The molecule has 0 fully saturated rings. The number of benzene rings is 1. The molecule has 0 amide bonds. The van der Waals surface area contributed by atoms with Crippen LogP contribution in [0.2, 0.25) is 0 Å². The van der Waals surface area contributed by atoms with Gasteiger partial charge in [-0.1, -0.05) is 67.7 Å². The molecule has 0 saturated heterocycles. The van der Waals surface area contributed by atoms with Gasteiger partial charge in [-0.05, 0) is 44.9 Å². The number of phenolic OH excluding ortho intramolecular Hbond substituents is 2. The standard InChI is InChI=1S/C28H34O4/c1-2-3-4-5-6-7-8-9-10-11-12-13-14-15-16-17-18-19-24-22-26(31)28-25(30)20-23(29)21-27(28)32-24/h3-4,6-7,9-10,12-13,15-16,20-22,29-30H,2,5,8,11,14,17-19H2,1H3/b4-3-,7-6-,10-9-,13-12-,16-15-. The fourth-order valence-corrected chi connectivity index (χ4v) is 3.19. The maximum atomic E-state index is 12.2. The van der Waals surface area contributed by atoms with Crippen molar-refractivity contribution in [2.45, 2.75) is 58.3 Å². The monoisotopic (exact) mass is 434 g/mol. The van der Waals surface area contributed by atoms with E-state index in [1.54, 1.807) is 0 Å². The van der Waals surface area contributed by atoms with Crippen LogP contribution in [0.25, 0.3) is 11.0 Å². The molecular weight excluding hydrogens is 400 g/mol. The number of phenols is 2. The molecule has 0 atom stereocenters. The zero-order chi connectivity index (χ0) is 23.0. The third kappa shape index (κ3) is 9.25. The van der Waals surface area contributed by atoms with Crippen LogP contribution in [-0.4, -0.2) is 10.2 Å². The van der Waals surface area contributed by atoms with Gasteiger partial charge in [-0.3, -0.25) is 4.79 Å². The summed E-state index contributed by atoms with van der Waals surface area (Å²) in [5.41, 5.74) is -0.0893. The lowest BCUT2D eigenvalue weighted by atomic mass is 10.1. The van der Waals surface area contributed by atoms with Crippen molar-refractivity contribution < 1.29 is 14.6 Å². The summed E-state index contributed by atoms with van der Waals surface area (Å²) in [5.74, 6) is 0.160. The molecule has 0 aliphatic heterocycles. The molecule has 0 bridgehead atoms. The molecule has 0 radical (unpaired) electrons. The van der Waals surface area contributed by atoms with Crippen LogP contribution in [0.3, 0.4) is 0 Å². The summed E-state index contributed by atoms with van der Waals surface area (Å²) >= 11 is 0. The van der Waals surface area contributed by atoms with Gasteiger partial charge in [-0.15, -0.1) is 0 Å². The van der Waals surface area contributed by atoms with Crippen LogP contribution < -0.4 is 5.43 Å². The van der Waals surface area contributed by atoms with Crippen molar-refractivity contribution in [2.24, 2.45) is 0 Å². The lowest BCUT2D eigenvalue weighted by molar-refractivity contribution is 0.450. The molecule has 2 rings (SSSR count). The van der Waals surface area contributed by atoms with E-state index in [0.717, 1.165) is 51.0 Å². The van der Waals surface area contributed by atoms with Gasteiger partial charge in [-0.25, -0.2) is 0 Å². The van der Waals surface area contributed by atoms with Crippen molar-refractivity contribution in [1.82, 2.24) is 0 Å². The predicted molar refractivity (Wildman–Crippen MR) is 133 cm³/mol. The molecule has 4 nitrogen and oxygen atoms in total. The number of aryl methyl sites for hydroxylation is 1. The van der Waals surface area contributed by atoms with Crippen LogP contribution in [0.5, 0.6) is 11.5 Å². The number of allylic oxidation sites excluding steroid dienone is 10. The van der Waals surface area contributed by atoms with E-state index in [-0.39, 0.29) is 27.9 Å². The zero-order valence-electron chi connectivity index (χ0n) is 18.9. The van der Waals surface area contributed by atoms with Crippen molar-refractivity contribution in [3.8, 4) is 11.5 Å². The Hall–Kier alpha value is -3.27. The van der Waals surface area contributed by atoms with Gasteiger partial charge >= 0.3 is 0 Å². The molecule has 1 heterocycles. The van der Waals surface area contributed by atoms with Crippen molar-refractivity contribution in [3.05, 3.63) is 94.9 Å². The first-order valence-corrected chi connectivity index (χ1v) is 11.4. The largest absolute Gasteiger partial charge is 0.508 e. The average Bonchev–Trinajstić information content (AvgIpc) is 2.75. The first-order chi connectivity index (χ1) is 15.6. The van der Waals surface area contributed by atoms with Crippen LogP contribution >= 0.6 is 0 Å². The normalized spacial score (nSPS) is 12.7. The summed E-state index contributed by atoms with van der Waals surface area (Å²) < 4.78 is 5.66. The van der Waals surface area contributed by atoms with Crippen molar-refractivity contribution in [1.29, 1.82) is 0 Å². The SMILES string of the molecule is CC/C=C\C/C=C\C/C=C\C/C=C\C/C=C\CCCc1cc(=O)c2c(O)cc(O)cc2o1. The minimum absolute atomic E-state index is 0.101. The van der Waals surface area contributed by atoms with Gasteiger partial charge in [0.25, 0.3) is 0 Å². The summed E-state index contributed by atoms with van der Waals surface area (Å²) in [7, 11) is 0. The van der Waals surface area contributed by atoms with E-state index < -0.39 is 0 Å². The Morgan fingerprint density at radius 1 is 0.781 bits per heavy atom. The van der Waals surface area contributed by atoms with E-state index in [4.69, 9.17) is 4.42 Å². The van der Waals surface area contributed by atoms with Crippen molar-refractivity contribution in [2.75, 3.05) is 0 Å². The molecule has 0 aliphatic carbocycles. The van der Waals surface area contributed by atoms with E-state index in [9.17, 15) is 15.0 Å². The van der Waals surface area contributed by atoms with Crippen LogP contribution in [0.15, 0.2) is 88.2 Å². The van der Waals surface area contributed by atoms with Crippen molar-refractivity contribution >= 4 is 11.0 Å². The lowest BCUT2D eigenvalue weighted by Crippen LogP contribution is -2.02. The maximum Gasteiger partial charge on any atom is 0.196 e. The maximum absolute atomic E-state index is 12.2. The highest BCUT2D eigenvalue weighted by atomic mass is 16.3.